The third kappa shape index (κ3) is 3.00. The molecular weight excluding hydrogens is 276 g/mol. The molecule has 3 rings (SSSR count). The number of nitrogens with one attached hydrogen (secondary N) is 2. The first-order valence-electron chi connectivity index (χ1n) is 7.50. The molecule has 6 nitrogen and oxygen atoms in total. The Labute approximate surface area is 129 Å². The predicted molar refractivity (Wildman–Crippen MR) is 87.1 cm³/mol. The maximum atomic E-state index is 4.41. The number of nitrogens with zero attached hydrogens (tertiary/aromatic N) is 4. The van der Waals surface area contributed by atoms with E-state index in [4.69, 9.17) is 0 Å². The summed E-state index contributed by atoms with van der Waals surface area (Å²) < 4.78 is 0. The number of hydrogen-bond donors (Lipinski definition) is 2. The molecule has 0 saturated carbocycles. The molecule has 0 aliphatic rings. The van der Waals surface area contributed by atoms with Gasteiger partial charge in [-0.15, -0.1) is 10.2 Å². The first-order chi connectivity index (χ1) is 10.7. The summed E-state index contributed by atoms with van der Waals surface area (Å²) >= 11 is 0. The van der Waals surface area contributed by atoms with Gasteiger partial charge in [-0.25, -0.2) is 0 Å². The second-order valence-electron chi connectivity index (χ2n) is 5.50. The minimum atomic E-state index is 0.204. The first-order valence-corrected chi connectivity index (χ1v) is 7.50. The van der Waals surface area contributed by atoms with Crippen LogP contribution >= 0.6 is 0 Å². The molecule has 2 aromatic heterocycles. The van der Waals surface area contributed by atoms with E-state index in [0.717, 1.165) is 23.4 Å². The first kappa shape index (κ1) is 14.3. The SMILES string of the molecule is CCc1cc(Nc2cccc(-c3nnn(C(C)C)n3)c2)c[nH]1. The van der Waals surface area contributed by atoms with Gasteiger partial charge in [-0.05, 0) is 43.7 Å². The maximum Gasteiger partial charge on any atom is 0.205 e. The van der Waals surface area contributed by atoms with E-state index in [-0.39, 0.29) is 6.04 Å². The zero-order valence-electron chi connectivity index (χ0n) is 13.0. The highest BCUT2D eigenvalue weighted by atomic mass is 15.6. The minimum absolute atomic E-state index is 0.204. The second kappa shape index (κ2) is 6.01. The lowest BCUT2D eigenvalue weighted by molar-refractivity contribution is 0.455. The topological polar surface area (TPSA) is 71.4 Å². The molecule has 0 radical (unpaired) electrons. The molecule has 2 heterocycles. The summed E-state index contributed by atoms with van der Waals surface area (Å²) in [5, 5.41) is 16.0. The second-order valence-corrected chi connectivity index (χ2v) is 5.50. The molecule has 0 saturated heterocycles. The van der Waals surface area contributed by atoms with Gasteiger partial charge in [-0.1, -0.05) is 19.1 Å². The summed E-state index contributed by atoms with van der Waals surface area (Å²) in [7, 11) is 0. The Morgan fingerprint density at radius 3 is 2.77 bits per heavy atom. The lowest BCUT2D eigenvalue weighted by Crippen LogP contribution is -2.04. The Morgan fingerprint density at radius 1 is 1.23 bits per heavy atom. The minimum Gasteiger partial charge on any atom is -0.363 e. The Bertz CT molecular complexity index is 755. The Kier molecular flexibility index (Phi) is 3.91. The average Bonchev–Trinajstić information content (AvgIpc) is 3.16. The summed E-state index contributed by atoms with van der Waals surface area (Å²) in [5.41, 5.74) is 4.20. The van der Waals surface area contributed by atoms with Crippen molar-refractivity contribution in [1.82, 2.24) is 25.2 Å². The number of aromatic nitrogens is 5. The predicted octanol–water partition coefficient (Wildman–Crippen LogP) is 3.56. The van der Waals surface area contributed by atoms with Crippen molar-refractivity contribution < 1.29 is 0 Å². The molecule has 0 amide bonds. The van der Waals surface area contributed by atoms with E-state index in [1.165, 1.54) is 5.69 Å². The van der Waals surface area contributed by atoms with Crippen molar-refractivity contribution in [2.45, 2.75) is 33.2 Å². The van der Waals surface area contributed by atoms with Crippen molar-refractivity contribution in [1.29, 1.82) is 0 Å². The highest BCUT2D eigenvalue weighted by Gasteiger charge is 2.08. The molecule has 1 aromatic carbocycles. The van der Waals surface area contributed by atoms with Crippen molar-refractivity contribution in [3.05, 3.63) is 42.2 Å². The highest BCUT2D eigenvalue weighted by Crippen LogP contribution is 2.23. The molecule has 3 aromatic rings. The fourth-order valence-electron chi connectivity index (χ4n) is 2.18. The van der Waals surface area contributed by atoms with E-state index >= 15 is 0 Å². The van der Waals surface area contributed by atoms with Crippen LogP contribution in [-0.2, 0) is 6.42 Å². The van der Waals surface area contributed by atoms with E-state index < -0.39 is 0 Å². The average molecular weight is 296 g/mol. The van der Waals surface area contributed by atoms with Crippen LogP contribution in [0.3, 0.4) is 0 Å². The third-order valence-corrected chi connectivity index (χ3v) is 3.42. The van der Waals surface area contributed by atoms with Crippen LogP contribution in [0.2, 0.25) is 0 Å². The molecule has 0 fully saturated rings. The van der Waals surface area contributed by atoms with Gasteiger partial charge < -0.3 is 10.3 Å². The van der Waals surface area contributed by atoms with Crippen molar-refractivity contribution in [2.75, 3.05) is 5.32 Å². The van der Waals surface area contributed by atoms with E-state index in [9.17, 15) is 0 Å². The van der Waals surface area contributed by atoms with Gasteiger partial charge in [0.15, 0.2) is 0 Å². The number of H-pyrrole nitrogens is 1. The largest absolute Gasteiger partial charge is 0.363 e. The van der Waals surface area contributed by atoms with Crippen LogP contribution in [0.4, 0.5) is 11.4 Å². The normalized spacial score (nSPS) is 11.1. The fourth-order valence-corrected chi connectivity index (χ4v) is 2.18. The smallest absolute Gasteiger partial charge is 0.205 e. The number of aromatic amines is 1. The molecule has 6 heteroatoms. The lowest BCUT2D eigenvalue weighted by Gasteiger charge is -2.05. The van der Waals surface area contributed by atoms with Gasteiger partial charge in [0.1, 0.15) is 0 Å². The van der Waals surface area contributed by atoms with Gasteiger partial charge in [-0.2, -0.15) is 4.80 Å². The number of rotatable bonds is 5. The van der Waals surface area contributed by atoms with Gasteiger partial charge in [0, 0.05) is 23.1 Å². The van der Waals surface area contributed by atoms with Crippen molar-refractivity contribution >= 4 is 11.4 Å². The van der Waals surface area contributed by atoms with Crippen molar-refractivity contribution in [3.8, 4) is 11.4 Å². The van der Waals surface area contributed by atoms with Crippen molar-refractivity contribution in [3.63, 3.8) is 0 Å². The van der Waals surface area contributed by atoms with Gasteiger partial charge in [0.2, 0.25) is 5.82 Å². The molecular formula is C16H20N6. The van der Waals surface area contributed by atoms with Gasteiger partial charge in [-0.3, -0.25) is 0 Å². The standard InChI is InChI=1S/C16H20N6/c1-4-13-9-15(10-17-13)18-14-7-5-6-12(8-14)16-19-21-22(20-16)11(2)3/h5-11,17-18H,4H2,1-3H3. The summed E-state index contributed by atoms with van der Waals surface area (Å²) in [6.07, 6.45) is 2.96. The van der Waals surface area contributed by atoms with E-state index in [0.29, 0.717) is 5.82 Å². The zero-order valence-corrected chi connectivity index (χ0v) is 13.0. The summed E-state index contributed by atoms with van der Waals surface area (Å²) in [4.78, 5) is 4.86. The maximum absolute atomic E-state index is 4.41. The van der Waals surface area contributed by atoms with Crippen LogP contribution in [-0.4, -0.2) is 25.2 Å². The molecule has 0 unspecified atom stereocenters. The molecule has 0 aliphatic heterocycles. The number of anilines is 2. The number of hydrogen-bond acceptors (Lipinski definition) is 4. The summed E-state index contributed by atoms with van der Waals surface area (Å²) in [5.74, 6) is 0.640. The van der Waals surface area contributed by atoms with Crippen LogP contribution in [0.25, 0.3) is 11.4 Å². The molecule has 114 valence electrons. The third-order valence-electron chi connectivity index (χ3n) is 3.42. The van der Waals surface area contributed by atoms with Crippen LogP contribution in [0.1, 0.15) is 32.5 Å². The number of tetrazole rings is 1. The molecule has 0 bridgehead atoms. The Hall–Kier alpha value is -2.63. The van der Waals surface area contributed by atoms with Crippen LogP contribution in [0, 0.1) is 0 Å². The summed E-state index contributed by atoms with van der Waals surface area (Å²) in [6.45, 7) is 6.18. The van der Waals surface area contributed by atoms with Crippen molar-refractivity contribution in [2.24, 2.45) is 0 Å². The fraction of sp³-hybridized carbons (Fsp3) is 0.312. The van der Waals surface area contributed by atoms with E-state index in [2.05, 4.69) is 38.7 Å². The Balaban J connectivity index is 1.82. The molecule has 22 heavy (non-hydrogen) atoms. The van der Waals surface area contributed by atoms with Gasteiger partial charge in [0.05, 0.1) is 11.7 Å². The molecule has 0 aliphatic carbocycles. The van der Waals surface area contributed by atoms with Gasteiger partial charge >= 0.3 is 0 Å². The molecule has 0 spiro atoms. The highest BCUT2D eigenvalue weighted by molar-refractivity contribution is 5.66. The van der Waals surface area contributed by atoms with E-state index in [1.54, 1.807) is 4.80 Å². The van der Waals surface area contributed by atoms with Crippen LogP contribution in [0.5, 0.6) is 0 Å². The van der Waals surface area contributed by atoms with E-state index in [1.807, 2.05) is 44.3 Å². The van der Waals surface area contributed by atoms with Crippen LogP contribution < -0.4 is 5.32 Å². The molecule has 0 atom stereocenters. The number of aryl methyl sites for hydroxylation is 1. The quantitative estimate of drug-likeness (QED) is 0.755. The number of benzene rings is 1. The monoisotopic (exact) mass is 296 g/mol. The Morgan fingerprint density at radius 2 is 2.09 bits per heavy atom. The van der Waals surface area contributed by atoms with Gasteiger partial charge in [0.25, 0.3) is 0 Å². The summed E-state index contributed by atoms with van der Waals surface area (Å²) in [6, 6.07) is 10.3. The van der Waals surface area contributed by atoms with Crippen LogP contribution in [0.15, 0.2) is 36.5 Å². The zero-order chi connectivity index (χ0) is 15.5. The molecule has 2 N–H and O–H groups in total. The lowest BCUT2D eigenvalue weighted by atomic mass is 10.2.